The Morgan fingerprint density at radius 1 is 0.759 bits per heavy atom. The second-order valence-electron chi connectivity index (χ2n) is 15.5. The Hall–Kier alpha value is -4.81. The summed E-state index contributed by atoms with van der Waals surface area (Å²) in [6.07, 6.45) is 0.502. The fourth-order valence-corrected chi connectivity index (χ4v) is 9.88. The smallest absolute Gasteiger partial charge is 0.120 e. The number of benzene rings is 6. The van der Waals surface area contributed by atoms with E-state index in [1.807, 2.05) is 87.6 Å². The first-order valence-electron chi connectivity index (χ1n) is 19.1. The Morgan fingerprint density at radius 3 is 2.26 bits per heavy atom. The number of nitrogens with zero attached hydrogens (tertiary/aromatic N) is 3. The minimum Gasteiger partial charge on any atom is -0.501 e. The van der Waals surface area contributed by atoms with Crippen molar-refractivity contribution in [1.82, 2.24) is 14.5 Å². The van der Waals surface area contributed by atoms with Gasteiger partial charge in [0.15, 0.2) is 0 Å². The van der Waals surface area contributed by atoms with Crippen molar-refractivity contribution in [1.29, 1.82) is 0 Å². The molecular formula is C48H43GeIrN3O-2. The predicted octanol–water partition coefficient (Wildman–Crippen LogP) is 12.2. The molecule has 0 bridgehead atoms. The Morgan fingerprint density at radius 2 is 1.48 bits per heavy atom. The van der Waals surface area contributed by atoms with E-state index in [-0.39, 0.29) is 20.1 Å². The van der Waals surface area contributed by atoms with Gasteiger partial charge in [0.25, 0.3) is 0 Å². The van der Waals surface area contributed by atoms with E-state index in [9.17, 15) is 0 Å². The Bertz CT molecular complexity index is 2830. The van der Waals surface area contributed by atoms with E-state index in [0.717, 1.165) is 71.3 Å². The molecule has 0 atom stereocenters. The third kappa shape index (κ3) is 7.46. The molecule has 9 rings (SSSR count). The largest absolute Gasteiger partial charge is 0.501 e. The summed E-state index contributed by atoms with van der Waals surface area (Å²) >= 11 is -2.24. The first-order chi connectivity index (χ1) is 26.3. The molecule has 0 saturated heterocycles. The van der Waals surface area contributed by atoms with E-state index < -0.39 is 25.1 Å². The maximum atomic E-state index is 8.76. The van der Waals surface area contributed by atoms with Crippen LogP contribution in [0.25, 0.3) is 72.1 Å². The van der Waals surface area contributed by atoms with Gasteiger partial charge in [-0.15, -0.1) is 18.2 Å². The van der Waals surface area contributed by atoms with Gasteiger partial charge in [-0.25, -0.2) is 0 Å². The van der Waals surface area contributed by atoms with Crippen LogP contribution in [0.1, 0.15) is 29.1 Å². The van der Waals surface area contributed by atoms with Gasteiger partial charge in [-0.2, -0.15) is 0 Å². The number of hydrogen-bond acceptors (Lipinski definition) is 3. The zero-order valence-electron chi connectivity index (χ0n) is 33.4. The number of rotatable bonds is 5. The number of pyridine rings is 1. The minimum absolute atomic E-state index is 0. The molecule has 0 fully saturated rings. The van der Waals surface area contributed by atoms with Crippen molar-refractivity contribution in [2.45, 2.75) is 44.4 Å². The van der Waals surface area contributed by atoms with Crippen LogP contribution in [0.5, 0.6) is 0 Å². The molecule has 0 aliphatic rings. The summed E-state index contributed by atoms with van der Waals surface area (Å²) in [6.45, 7) is 5.88. The molecule has 3 heterocycles. The van der Waals surface area contributed by atoms with Crippen molar-refractivity contribution in [3.8, 4) is 28.3 Å². The minimum atomic E-state index is -2.24. The molecular weight excluding hydrogens is 899 g/mol. The average Bonchev–Trinajstić information content (AvgIpc) is 3.76. The molecule has 1 radical (unpaired) electrons. The molecule has 9 aromatic rings. The number of para-hydroxylation sites is 3. The number of fused-ring (bicyclic) bond motifs is 5. The summed E-state index contributed by atoms with van der Waals surface area (Å²) < 4.78 is 27.2. The predicted molar refractivity (Wildman–Crippen MR) is 225 cm³/mol. The van der Waals surface area contributed by atoms with Gasteiger partial charge in [0, 0.05) is 36.6 Å². The van der Waals surface area contributed by atoms with Crippen LogP contribution in [0.4, 0.5) is 0 Å². The average molecular weight is 945 g/mol. The maximum absolute atomic E-state index is 8.76. The van der Waals surface area contributed by atoms with Crippen LogP contribution in [0.3, 0.4) is 0 Å². The third-order valence-electron chi connectivity index (χ3n) is 9.34. The summed E-state index contributed by atoms with van der Waals surface area (Å²) in [7, 11) is 0. The van der Waals surface area contributed by atoms with E-state index in [0.29, 0.717) is 0 Å². The van der Waals surface area contributed by atoms with Crippen LogP contribution in [0, 0.1) is 17.5 Å². The van der Waals surface area contributed by atoms with Crippen LogP contribution in [0.15, 0.2) is 144 Å². The van der Waals surface area contributed by atoms with Gasteiger partial charge >= 0.3 is 135 Å². The molecule has 54 heavy (non-hydrogen) atoms. The van der Waals surface area contributed by atoms with Gasteiger partial charge in [0.05, 0.1) is 22.4 Å². The maximum Gasteiger partial charge on any atom is 0.120 e. The molecule has 0 saturated carbocycles. The van der Waals surface area contributed by atoms with Crippen LogP contribution in [0.2, 0.25) is 17.3 Å². The van der Waals surface area contributed by atoms with Gasteiger partial charge in [-0.05, 0) is 29.7 Å². The quantitative estimate of drug-likeness (QED) is 0.128. The Kier molecular flexibility index (Phi) is 9.79. The van der Waals surface area contributed by atoms with Crippen molar-refractivity contribution in [2.75, 3.05) is 0 Å². The van der Waals surface area contributed by atoms with Crippen molar-refractivity contribution < 1.29 is 27.3 Å². The molecule has 6 aromatic carbocycles. The van der Waals surface area contributed by atoms with Crippen LogP contribution in [-0.4, -0.2) is 27.8 Å². The summed E-state index contributed by atoms with van der Waals surface area (Å²) in [5.41, 5.74) is 7.67. The van der Waals surface area contributed by atoms with Gasteiger partial charge in [-0.1, -0.05) is 77.7 Å². The molecule has 3 aromatic heterocycles. The van der Waals surface area contributed by atoms with E-state index in [4.69, 9.17) is 12.1 Å². The van der Waals surface area contributed by atoms with Crippen molar-refractivity contribution in [2.24, 2.45) is 5.41 Å². The summed E-state index contributed by atoms with van der Waals surface area (Å²) in [6, 6.07) is 51.6. The van der Waals surface area contributed by atoms with Crippen LogP contribution in [-0.2, 0) is 26.5 Å². The van der Waals surface area contributed by atoms with Gasteiger partial charge in [-0.3, -0.25) is 4.98 Å². The van der Waals surface area contributed by atoms with Gasteiger partial charge in [0.2, 0.25) is 0 Å². The van der Waals surface area contributed by atoms with Crippen molar-refractivity contribution in [3.05, 3.63) is 157 Å². The van der Waals surface area contributed by atoms with Gasteiger partial charge in [0.1, 0.15) is 5.58 Å². The topological polar surface area (TPSA) is 43.9 Å². The van der Waals surface area contributed by atoms with Crippen molar-refractivity contribution in [3.63, 3.8) is 0 Å². The first-order valence-corrected chi connectivity index (χ1v) is 25.4. The SMILES string of the molecule is [2H]C([2H])(c1cc(-c2[c-]cccc2)nc[c]1[Ge]([CH3])([CH3])[CH3])C(C)(C)C.[Ir].[c-]1ccc2c(oc3ccccc32)c1-c1nc2ccccc2n1-c1cccc2ccccc12. The van der Waals surface area contributed by atoms with E-state index in [2.05, 4.69) is 112 Å². The number of hydrogen-bond donors (Lipinski definition) is 0. The second kappa shape index (κ2) is 15.1. The van der Waals surface area contributed by atoms with Gasteiger partial charge < -0.3 is 8.98 Å². The molecule has 0 N–H and O–H groups in total. The molecule has 271 valence electrons. The fraction of sp³-hybridized carbons (Fsp3) is 0.167. The summed E-state index contributed by atoms with van der Waals surface area (Å²) in [5, 5.41) is 4.55. The second-order valence-corrected chi connectivity index (χ2v) is 26.0. The normalized spacial score (nSPS) is 12.6. The third-order valence-corrected chi connectivity index (χ3v) is 13.6. The zero-order chi connectivity index (χ0) is 38.5. The first kappa shape index (κ1) is 34.9. The molecule has 0 aliphatic heterocycles. The van der Waals surface area contributed by atoms with E-state index in [1.54, 1.807) is 0 Å². The molecule has 4 nitrogen and oxygen atoms in total. The van der Waals surface area contributed by atoms with Crippen molar-refractivity contribution >= 4 is 61.4 Å². The van der Waals surface area contributed by atoms with E-state index in [1.165, 1.54) is 10.8 Å². The van der Waals surface area contributed by atoms with Crippen LogP contribution < -0.4 is 4.40 Å². The summed E-state index contributed by atoms with van der Waals surface area (Å²) in [5.74, 6) is 7.68. The van der Waals surface area contributed by atoms with Crippen LogP contribution >= 0.6 is 0 Å². The Balaban J connectivity index is 0.000000179. The molecule has 0 aliphatic carbocycles. The fourth-order valence-electron chi connectivity index (χ4n) is 6.96. The number of aromatic nitrogens is 3. The number of imidazole rings is 1. The standard InChI is InChI=1S/C29H17N2O.C19H26GeN.Ir/c1-2-11-20-19(9-1)10-7-17-25(20)31-26-16-5-4-15-24(26)30-29(31)23-14-8-13-22-21-12-3-6-18-27(21)32-28(22)23;1-19(2,3)13-16-12-18(15-10-8-7-9-11-15)21-14-17(16)20(4,5)6;/h1-13,15-18H;7-10,12,14H,13H2,1-6H3;/q2*-1;/i;13D2;. The molecule has 0 unspecified atom stereocenters. The molecule has 0 amide bonds. The number of furan rings is 1. The Labute approximate surface area is 336 Å². The van der Waals surface area contributed by atoms with E-state index >= 15 is 0 Å². The summed E-state index contributed by atoms with van der Waals surface area (Å²) in [4.78, 5) is 9.68. The molecule has 6 heteroatoms. The monoisotopic (exact) mass is 946 g/mol. The molecule has 0 spiro atoms. The zero-order valence-corrected chi connectivity index (χ0v) is 35.9.